The molecule has 2 N–H and O–H groups in total. The number of nitrogens with two attached hydrogens (primary N) is 1. The first-order valence-electron chi connectivity index (χ1n) is 20.7. The number of ether oxygens (including phenoxy) is 2. The van der Waals surface area contributed by atoms with E-state index in [-0.39, 0.29) is 77.9 Å². The molecule has 7 heteroatoms. The number of unbranched alkanes of at least 4 members (excludes halogenated alkanes) is 30. The minimum atomic E-state index is -0.746. The number of hydrogen-bond acceptors (Lipinski definition) is 5. The van der Waals surface area contributed by atoms with Gasteiger partial charge in [0.25, 0.3) is 0 Å². The molecule has 48 heavy (non-hydrogen) atoms. The summed E-state index contributed by atoms with van der Waals surface area (Å²) in [5.74, 6) is -0.659. The predicted octanol–water partition coefficient (Wildman–Crippen LogP) is 11.4. The molecular weight excluding hydrogens is 616 g/mol. The van der Waals surface area contributed by atoms with Crippen molar-refractivity contribution in [2.24, 2.45) is 5.73 Å². The molecule has 0 spiro atoms. The molecule has 0 rings (SSSR count). The summed E-state index contributed by atoms with van der Waals surface area (Å²) in [6.45, 7) is 5.45. The van der Waals surface area contributed by atoms with Crippen molar-refractivity contribution < 1.29 is 19.1 Å². The van der Waals surface area contributed by atoms with Crippen LogP contribution in [-0.2, 0) is 19.1 Å². The monoisotopic (exact) mass is 700 g/mol. The van der Waals surface area contributed by atoms with Gasteiger partial charge in [-0.15, -0.1) is 0 Å². The second kappa shape index (κ2) is 45.9. The first-order chi connectivity index (χ1) is 22.6. The first kappa shape index (κ1) is 53.3. The standard InChI is InChI=1S/C41H81NO4.2Na.2H/c1-3-5-7-9-11-13-15-17-19-21-23-25-27-29-31-33-37-45-40(43)36-35-39(42)41(44)46-38-34-32-30-28-26-24-22-20-18-16-14-12-10-8-6-4-2;;;;/h39H,3-38,42H2,1-2H3;;;;/t39-;;;;/m0..../s1. The van der Waals surface area contributed by atoms with E-state index in [1.54, 1.807) is 0 Å². The zero-order chi connectivity index (χ0) is 33.6. The van der Waals surface area contributed by atoms with Gasteiger partial charge in [-0.1, -0.05) is 206 Å². The van der Waals surface area contributed by atoms with Gasteiger partial charge in [0.15, 0.2) is 0 Å². The summed E-state index contributed by atoms with van der Waals surface area (Å²) in [5.41, 5.74) is 5.95. The average Bonchev–Trinajstić information content (AvgIpc) is 3.06. The van der Waals surface area contributed by atoms with Crippen molar-refractivity contribution in [3.8, 4) is 0 Å². The van der Waals surface area contributed by atoms with Crippen molar-refractivity contribution in [2.45, 2.75) is 238 Å². The Bertz CT molecular complexity index is 638. The molecule has 1 atom stereocenters. The number of esters is 2. The molecule has 0 bridgehead atoms. The molecule has 0 fully saturated rings. The molecule has 0 saturated carbocycles. The third-order valence-electron chi connectivity index (χ3n) is 9.47. The normalized spacial score (nSPS) is 11.5. The Morgan fingerprint density at radius 3 is 0.958 bits per heavy atom. The van der Waals surface area contributed by atoms with Crippen molar-refractivity contribution in [3.05, 3.63) is 0 Å². The summed E-state index contributed by atoms with van der Waals surface area (Å²) in [7, 11) is 0. The van der Waals surface area contributed by atoms with Crippen LogP contribution < -0.4 is 5.73 Å². The molecule has 5 nitrogen and oxygen atoms in total. The van der Waals surface area contributed by atoms with Gasteiger partial charge in [0.05, 0.1) is 13.2 Å². The van der Waals surface area contributed by atoms with Crippen LogP contribution in [0, 0.1) is 0 Å². The van der Waals surface area contributed by atoms with Gasteiger partial charge < -0.3 is 15.2 Å². The van der Waals surface area contributed by atoms with Crippen molar-refractivity contribution >= 4 is 71.1 Å². The van der Waals surface area contributed by atoms with Crippen LogP contribution in [0.2, 0.25) is 0 Å². The fourth-order valence-corrected chi connectivity index (χ4v) is 6.23. The molecule has 0 aliphatic heterocycles. The van der Waals surface area contributed by atoms with E-state index in [0.29, 0.717) is 13.2 Å². The number of rotatable bonds is 38. The maximum atomic E-state index is 12.1. The number of carbonyl (C=O) groups excluding carboxylic acids is 2. The van der Waals surface area contributed by atoms with Crippen molar-refractivity contribution in [3.63, 3.8) is 0 Å². The fourth-order valence-electron chi connectivity index (χ4n) is 6.23. The first-order valence-corrected chi connectivity index (χ1v) is 20.7. The summed E-state index contributed by atoms with van der Waals surface area (Å²) in [6.07, 6.45) is 42.8. The summed E-state index contributed by atoms with van der Waals surface area (Å²) in [4.78, 5) is 24.2. The molecule has 0 saturated heterocycles. The van der Waals surface area contributed by atoms with Crippen LogP contribution in [0.3, 0.4) is 0 Å². The van der Waals surface area contributed by atoms with E-state index in [1.807, 2.05) is 0 Å². The summed E-state index contributed by atoms with van der Waals surface area (Å²) >= 11 is 0. The summed E-state index contributed by atoms with van der Waals surface area (Å²) < 4.78 is 10.7. The van der Waals surface area contributed by atoms with E-state index in [4.69, 9.17) is 15.2 Å². The topological polar surface area (TPSA) is 78.6 Å². The van der Waals surface area contributed by atoms with Crippen LogP contribution >= 0.6 is 0 Å². The molecule has 278 valence electrons. The molecule has 0 amide bonds. The van der Waals surface area contributed by atoms with Gasteiger partial charge in [-0.2, -0.15) is 0 Å². The molecule has 0 aromatic heterocycles. The Morgan fingerprint density at radius 1 is 0.417 bits per heavy atom. The van der Waals surface area contributed by atoms with Crippen LogP contribution in [0.15, 0.2) is 0 Å². The number of hydrogen-bond donors (Lipinski definition) is 1. The molecule has 0 aliphatic carbocycles. The molecule has 0 radical (unpaired) electrons. The van der Waals surface area contributed by atoms with Crippen molar-refractivity contribution in [2.75, 3.05) is 13.2 Å². The third-order valence-corrected chi connectivity index (χ3v) is 9.47. The van der Waals surface area contributed by atoms with E-state index < -0.39 is 12.0 Å². The molecule has 0 aromatic rings. The van der Waals surface area contributed by atoms with Gasteiger partial charge >= 0.3 is 71.1 Å². The second-order valence-corrected chi connectivity index (χ2v) is 14.1. The van der Waals surface area contributed by atoms with Gasteiger partial charge in [0.1, 0.15) is 6.04 Å². The maximum absolute atomic E-state index is 12.1. The quantitative estimate of drug-likeness (QED) is 0.0394. The zero-order valence-corrected chi connectivity index (χ0v) is 31.2. The minimum absolute atomic E-state index is 0. The van der Waals surface area contributed by atoms with Crippen LogP contribution in [0.4, 0.5) is 0 Å². The van der Waals surface area contributed by atoms with E-state index in [2.05, 4.69) is 13.8 Å². The molecular formula is C41H83NNa2O4. The Hall–Kier alpha value is 0.900. The summed E-state index contributed by atoms with van der Waals surface area (Å²) in [6, 6.07) is -0.746. The average molecular weight is 700 g/mol. The van der Waals surface area contributed by atoms with Crippen LogP contribution in [-0.4, -0.2) is 90.3 Å². The van der Waals surface area contributed by atoms with Crippen molar-refractivity contribution in [1.29, 1.82) is 0 Å². The van der Waals surface area contributed by atoms with Crippen LogP contribution in [0.25, 0.3) is 0 Å². The Morgan fingerprint density at radius 2 is 0.667 bits per heavy atom. The van der Waals surface area contributed by atoms with Gasteiger partial charge in [0, 0.05) is 6.42 Å². The van der Waals surface area contributed by atoms with Crippen LogP contribution in [0.1, 0.15) is 232 Å². The van der Waals surface area contributed by atoms with Gasteiger partial charge in [-0.3, -0.25) is 9.59 Å². The summed E-state index contributed by atoms with van der Waals surface area (Å²) in [5, 5.41) is 0. The molecule has 0 aliphatic rings. The Labute approximate surface area is 344 Å². The SMILES string of the molecule is CCCCCCCCCCCCCCCCCCOC(=O)CC[C@H](N)C(=O)OCCCCCCCCCCCCCCCCCC.[NaH].[NaH]. The zero-order valence-electron chi connectivity index (χ0n) is 31.2. The third kappa shape index (κ3) is 43.1. The Kier molecular flexibility index (Phi) is 50.9. The molecule has 0 heterocycles. The van der Waals surface area contributed by atoms with E-state index in [0.717, 1.165) is 25.7 Å². The van der Waals surface area contributed by atoms with Crippen LogP contribution in [0.5, 0.6) is 0 Å². The molecule has 0 aromatic carbocycles. The van der Waals surface area contributed by atoms with Gasteiger partial charge in [-0.25, -0.2) is 0 Å². The van der Waals surface area contributed by atoms with E-state index in [9.17, 15) is 9.59 Å². The second-order valence-electron chi connectivity index (χ2n) is 14.1. The fraction of sp³-hybridized carbons (Fsp3) is 0.951. The van der Waals surface area contributed by atoms with Crippen molar-refractivity contribution in [1.82, 2.24) is 0 Å². The predicted molar refractivity (Wildman–Crippen MR) is 213 cm³/mol. The van der Waals surface area contributed by atoms with E-state index in [1.165, 1.54) is 180 Å². The molecule has 0 unspecified atom stereocenters. The van der Waals surface area contributed by atoms with Gasteiger partial charge in [0.2, 0.25) is 0 Å². The van der Waals surface area contributed by atoms with Gasteiger partial charge in [-0.05, 0) is 19.3 Å². The number of carbonyl (C=O) groups is 2. The van der Waals surface area contributed by atoms with E-state index >= 15 is 0 Å². The Balaban J connectivity index is -0.0000101.